The van der Waals surface area contributed by atoms with E-state index in [0.29, 0.717) is 11.8 Å². The van der Waals surface area contributed by atoms with Crippen LogP contribution in [0.3, 0.4) is 0 Å². The van der Waals surface area contributed by atoms with Gasteiger partial charge >= 0.3 is 0 Å². The summed E-state index contributed by atoms with van der Waals surface area (Å²) in [6.45, 7) is 11.1. The van der Waals surface area contributed by atoms with Gasteiger partial charge in [-0.15, -0.1) is 6.58 Å². The number of quaternary nitrogens is 1. The quantitative estimate of drug-likeness (QED) is 0.428. The minimum Gasteiger partial charge on any atom is -0.382 e. The number of aliphatic hydroxyl groups excluding tert-OH is 1. The Kier molecular flexibility index (Phi) is 5.25. The standard InChI is InChI=1S/C28H31N2O/c1-3-20-9-11-21(12-10-20)18-30-16-14-23(22(4-2)19-30)17-27(30)28(31)25-13-15-29-26-8-6-5-7-24(25)26/h3-13,15,22-23,27-28,31H,1-2,14,16-19H2/q+1/t22?,23?,27-,28+,30?/m0/s1. The van der Waals surface area contributed by atoms with E-state index < -0.39 is 6.10 Å². The maximum atomic E-state index is 11.8. The molecule has 0 spiro atoms. The molecule has 5 atom stereocenters. The van der Waals surface area contributed by atoms with Crippen molar-refractivity contribution in [2.24, 2.45) is 11.8 Å². The van der Waals surface area contributed by atoms with Crippen LogP contribution in [0.1, 0.15) is 35.6 Å². The Labute approximate surface area is 185 Å². The largest absolute Gasteiger partial charge is 0.382 e. The predicted octanol–water partition coefficient (Wildman–Crippen LogP) is 5.52. The van der Waals surface area contributed by atoms with Crippen LogP contribution in [-0.4, -0.2) is 33.7 Å². The third-order valence-corrected chi connectivity index (χ3v) is 7.75. The molecule has 158 valence electrons. The Bertz CT molecular complexity index is 1100. The lowest BCUT2D eigenvalue weighted by atomic mass is 9.71. The zero-order valence-corrected chi connectivity index (χ0v) is 18.0. The summed E-state index contributed by atoms with van der Waals surface area (Å²) in [6.07, 6.45) is 7.62. The first-order chi connectivity index (χ1) is 15.1. The molecule has 0 radical (unpaired) electrons. The monoisotopic (exact) mass is 411 g/mol. The molecule has 1 aromatic heterocycles. The summed E-state index contributed by atoms with van der Waals surface area (Å²) in [5, 5.41) is 12.8. The normalized spacial score (nSPS) is 28.4. The van der Waals surface area contributed by atoms with E-state index in [-0.39, 0.29) is 6.04 Å². The molecular formula is C28H31N2O+. The molecule has 3 fully saturated rings. The van der Waals surface area contributed by atoms with Crippen LogP contribution >= 0.6 is 0 Å². The molecule has 3 saturated heterocycles. The molecule has 0 aliphatic carbocycles. The maximum Gasteiger partial charge on any atom is 0.131 e. The zero-order valence-electron chi connectivity index (χ0n) is 18.0. The fourth-order valence-electron chi connectivity index (χ4n) is 6.09. The van der Waals surface area contributed by atoms with Crippen molar-refractivity contribution in [3.63, 3.8) is 0 Å². The number of piperidine rings is 3. The van der Waals surface area contributed by atoms with Gasteiger partial charge in [-0.05, 0) is 29.2 Å². The summed E-state index contributed by atoms with van der Waals surface area (Å²) in [4.78, 5) is 4.51. The van der Waals surface area contributed by atoms with Crippen molar-refractivity contribution in [3.05, 3.63) is 96.7 Å². The molecule has 3 aliphatic heterocycles. The van der Waals surface area contributed by atoms with Crippen molar-refractivity contribution in [3.8, 4) is 0 Å². The maximum absolute atomic E-state index is 11.8. The minimum atomic E-state index is -0.506. The van der Waals surface area contributed by atoms with Gasteiger partial charge in [0.2, 0.25) is 0 Å². The van der Waals surface area contributed by atoms with Crippen LogP contribution in [-0.2, 0) is 6.54 Å². The van der Waals surface area contributed by atoms with Crippen molar-refractivity contribution in [1.82, 2.24) is 4.98 Å². The average Bonchev–Trinajstić information content (AvgIpc) is 2.83. The number of para-hydroxylation sites is 1. The highest BCUT2D eigenvalue weighted by molar-refractivity contribution is 5.82. The molecule has 1 N–H and O–H groups in total. The van der Waals surface area contributed by atoms with Gasteiger partial charge < -0.3 is 9.59 Å². The number of hydrogen-bond acceptors (Lipinski definition) is 2. The molecule has 3 heteroatoms. The fourth-order valence-corrected chi connectivity index (χ4v) is 6.09. The van der Waals surface area contributed by atoms with Gasteiger partial charge in [-0.25, -0.2) is 0 Å². The summed E-state index contributed by atoms with van der Waals surface area (Å²) < 4.78 is 0.929. The zero-order chi connectivity index (χ0) is 21.4. The number of nitrogens with zero attached hydrogens (tertiary/aromatic N) is 2. The number of aliphatic hydroxyl groups is 1. The van der Waals surface area contributed by atoms with Crippen molar-refractivity contribution in [2.75, 3.05) is 13.1 Å². The topological polar surface area (TPSA) is 33.1 Å². The molecule has 31 heavy (non-hydrogen) atoms. The number of fused-ring (bicyclic) bond motifs is 4. The lowest BCUT2D eigenvalue weighted by Crippen LogP contribution is -2.67. The number of pyridine rings is 1. The van der Waals surface area contributed by atoms with E-state index in [4.69, 9.17) is 0 Å². The second-order valence-corrected chi connectivity index (χ2v) is 9.34. The van der Waals surface area contributed by atoms with Gasteiger partial charge in [0.25, 0.3) is 0 Å². The van der Waals surface area contributed by atoms with Crippen LogP contribution in [0.25, 0.3) is 17.0 Å². The fraction of sp³-hybridized carbons (Fsp3) is 0.321. The third-order valence-electron chi connectivity index (χ3n) is 7.75. The first-order valence-electron chi connectivity index (χ1n) is 11.3. The van der Waals surface area contributed by atoms with Gasteiger partial charge in [-0.1, -0.05) is 61.2 Å². The SMILES string of the molecule is C=Cc1ccc(C[N+]23CCC(C[C@H]2[C@H](O)c2ccnc4ccccc24)C(C=C)C3)cc1. The molecule has 2 bridgehead atoms. The highest BCUT2D eigenvalue weighted by Crippen LogP contribution is 2.48. The van der Waals surface area contributed by atoms with Crippen LogP contribution in [0.4, 0.5) is 0 Å². The summed E-state index contributed by atoms with van der Waals surface area (Å²) in [5.74, 6) is 1.15. The molecule has 3 aromatic rings. The van der Waals surface area contributed by atoms with Gasteiger partial charge in [-0.3, -0.25) is 4.98 Å². The van der Waals surface area contributed by atoms with Crippen LogP contribution in [0, 0.1) is 11.8 Å². The Morgan fingerprint density at radius 2 is 1.90 bits per heavy atom. The van der Waals surface area contributed by atoms with Gasteiger partial charge in [0.05, 0.1) is 18.6 Å². The summed E-state index contributed by atoms with van der Waals surface area (Å²) in [6, 6.07) is 19.1. The minimum absolute atomic E-state index is 0.180. The van der Waals surface area contributed by atoms with E-state index in [0.717, 1.165) is 52.6 Å². The lowest BCUT2D eigenvalue weighted by molar-refractivity contribution is -0.984. The number of hydrogen-bond donors (Lipinski definition) is 1. The van der Waals surface area contributed by atoms with Crippen LogP contribution in [0.5, 0.6) is 0 Å². The smallest absolute Gasteiger partial charge is 0.131 e. The molecule has 0 saturated carbocycles. The highest BCUT2D eigenvalue weighted by atomic mass is 16.3. The van der Waals surface area contributed by atoms with Crippen LogP contribution in [0.2, 0.25) is 0 Å². The molecule has 6 rings (SSSR count). The van der Waals surface area contributed by atoms with Gasteiger partial charge in [0, 0.05) is 35.9 Å². The van der Waals surface area contributed by atoms with E-state index in [1.54, 1.807) is 0 Å². The van der Waals surface area contributed by atoms with E-state index in [2.05, 4.69) is 54.5 Å². The van der Waals surface area contributed by atoms with Crippen LogP contribution in [0.15, 0.2) is 80.0 Å². The highest BCUT2D eigenvalue weighted by Gasteiger charge is 2.53. The third kappa shape index (κ3) is 3.52. The summed E-state index contributed by atoms with van der Waals surface area (Å²) >= 11 is 0. The lowest BCUT2D eigenvalue weighted by Gasteiger charge is -2.58. The van der Waals surface area contributed by atoms with E-state index in [1.165, 1.54) is 12.0 Å². The molecule has 4 heterocycles. The van der Waals surface area contributed by atoms with Crippen molar-refractivity contribution in [2.45, 2.75) is 31.5 Å². The van der Waals surface area contributed by atoms with Crippen LogP contribution < -0.4 is 0 Å². The van der Waals surface area contributed by atoms with E-state index >= 15 is 0 Å². The van der Waals surface area contributed by atoms with Crippen molar-refractivity contribution in [1.29, 1.82) is 0 Å². The molecule has 0 amide bonds. The number of aromatic nitrogens is 1. The Balaban J connectivity index is 1.53. The summed E-state index contributed by atoms with van der Waals surface area (Å²) in [7, 11) is 0. The second-order valence-electron chi connectivity index (χ2n) is 9.34. The summed E-state index contributed by atoms with van der Waals surface area (Å²) in [5.41, 5.74) is 4.43. The number of rotatable bonds is 6. The number of benzene rings is 2. The van der Waals surface area contributed by atoms with Crippen molar-refractivity contribution >= 4 is 17.0 Å². The molecule has 3 unspecified atom stereocenters. The van der Waals surface area contributed by atoms with E-state index in [9.17, 15) is 5.11 Å². The Hall–Kier alpha value is -2.75. The van der Waals surface area contributed by atoms with Gasteiger partial charge in [0.1, 0.15) is 18.7 Å². The second kappa shape index (κ2) is 8.07. The Morgan fingerprint density at radius 3 is 2.68 bits per heavy atom. The molecule has 3 nitrogen and oxygen atoms in total. The molecular weight excluding hydrogens is 380 g/mol. The first-order valence-corrected chi connectivity index (χ1v) is 11.3. The van der Waals surface area contributed by atoms with Crippen molar-refractivity contribution < 1.29 is 9.59 Å². The Morgan fingerprint density at radius 1 is 1.10 bits per heavy atom. The van der Waals surface area contributed by atoms with E-state index in [1.807, 2.05) is 36.5 Å². The van der Waals surface area contributed by atoms with Gasteiger partial charge in [-0.2, -0.15) is 0 Å². The average molecular weight is 412 g/mol. The van der Waals surface area contributed by atoms with Gasteiger partial charge in [0.15, 0.2) is 0 Å². The molecule has 3 aliphatic rings. The molecule has 2 aromatic carbocycles. The predicted molar refractivity (Wildman–Crippen MR) is 127 cm³/mol. The first kappa shape index (κ1) is 20.2.